The van der Waals surface area contributed by atoms with Crippen LogP contribution in [0.2, 0.25) is 10.0 Å². The molecule has 3 aromatic rings. The van der Waals surface area contributed by atoms with Crippen molar-refractivity contribution in [1.29, 1.82) is 0 Å². The van der Waals surface area contributed by atoms with E-state index in [2.05, 4.69) is 4.98 Å². The maximum Gasteiger partial charge on any atom is 0.163 e. The van der Waals surface area contributed by atoms with Crippen LogP contribution in [0.3, 0.4) is 0 Å². The molecule has 0 aliphatic heterocycles. The Morgan fingerprint density at radius 2 is 1.85 bits per heavy atom. The summed E-state index contributed by atoms with van der Waals surface area (Å²) in [7, 11) is 1.49. The average molecular weight is 504 g/mol. The molecule has 1 fully saturated rings. The topological polar surface area (TPSA) is 68.7 Å². The number of hydrogen-bond acceptors (Lipinski definition) is 5. The summed E-state index contributed by atoms with van der Waals surface area (Å²) in [4.78, 5) is 17.3. The number of halogens is 3. The summed E-state index contributed by atoms with van der Waals surface area (Å²) in [5.41, 5.74) is 0.349. The van der Waals surface area contributed by atoms with Gasteiger partial charge in [-0.15, -0.1) is 0 Å². The van der Waals surface area contributed by atoms with Gasteiger partial charge in [-0.05, 0) is 74.7 Å². The summed E-state index contributed by atoms with van der Waals surface area (Å²) in [6.45, 7) is 1.59. The zero-order chi connectivity index (χ0) is 24.5. The Morgan fingerprint density at radius 1 is 1.12 bits per heavy atom. The SMILES string of the molecule is COc1ccc(C(C)(O)CCC(=O)c2ccc(OC3CC3)c(Cl)c2)nc1-c1ccc(F)c(Cl)c1. The quantitative estimate of drug-likeness (QED) is 0.332. The van der Waals surface area contributed by atoms with Gasteiger partial charge >= 0.3 is 0 Å². The highest BCUT2D eigenvalue weighted by atomic mass is 35.5. The van der Waals surface area contributed by atoms with Crippen LogP contribution in [0.15, 0.2) is 48.5 Å². The lowest BCUT2D eigenvalue weighted by atomic mass is 9.92. The second-order valence-corrected chi connectivity index (χ2v) is 9.35. The van der Waals surface area contributed by atoms with Gasteiger partial charge in [-0.3, -0.25) is 4.79 Å². The van der Waals surface area contributed by atoms with E-state index >= 15 is 0 Å². The van der Waals surface area contributed by atoms with E-state index in [0.717, 1.165) is 12.8 Å². The summed E-state index contributed by atoms with van der Waals surface area (Å²) >= 11 is 12.2. The van der Waals surface area contributed by atoms with Crippen molar-refractivity contribution in [2.75, 3.05) is 7.11 Å². The zero-order valence-electron chi connectivity index (χ0n) is 18.8. The zero-order valence-corrected chi connectivity index (χ0v) is 20.3. The monoisotopic (exact) mass is 503 g/mol. The molecule has 1 aromatic heterocycles. The number of carbonyl (C=O) groups is 1. The van der Waals surface area contributed by atoms with Gasteiger partial charge in [-0.25, -0.2) is 9.37 Å². The fraction of sp³-hybridized carbons (Fsp3) is 0.308. The van der Waals surface area contributed by atoms with E-state index in [1.807, 2.05) is 0 Å². The first-order chi connectivity index (χ1) is 16.2. The number of hydrogen-bond donors (Lipinski definition) is 1. The number of ether oxygens (including phenoxy) is 2. The number of pyridine rings is 1. The maximum absolute atomic E-state index is 13.6. The highest BCUT2D eigenvalue weighted by Crippen LogP contribution is 2.35. The number of rotatable bonds is 9. The number of aromatic nitrogens is 1. The molecule has 1 heterocycles. The Balaban J connectivity index is 1.51. The van der Waals surface area contributed by atoms with Gasteiger partial charge in [0.2, 0.25) is 0 Å². The molecule has 4 rings (SSSR count). The van der Waals surface area contributed by atoms with Crippen LogP contribution in [-0.4, -0.2) is 29.1 Å². The van der Waals surface area contributed by atoms with Crippen molar-refractivity contribution in [3.05, 3.63) is 75.7 Å². The van der Waals surface area contributed by atoms with Crippen molar-refractivity contribution < 1.29 is 23.8 Å². The minimum atomic E-state index is -1.40. The summed E-state index contributed by atoms with van der Waals surface area (Å²) in [6.07, 6.45) is 2.45. The summed E-state index contributed by atoms with van der Waals surface area (Å²) in [6, 6.07) is 12.5. The summed E-state index contributed by atoms with van der Waals surface area (Å²) in [5, 5.41) is 11.5. The molecule has 5 nitrogen and oxygen atoms in total. The molecule has 1 unspecified atom stereocenters. The van der Waals surface area contributed by atoms with Crippen molar-refractivity contribution in [2.24, 2.45) is 0 Å². The Kier molecular flexibility index (Phi) is 7.12. The maximum atomic E-state index is 13.6. The molecule has 0 radical (unpaired) electrons. The first-order valence-corrected chi connectivity index (χ1v) is 11.7. The molecule has 1 atom stereocenters. The average Bonchev–Trinajstić information content (AvgIpc) is 3.64. The minimum absolute atomic E-state index is 0.0451. The van der Waals surface area contributed by atoms with E-state index in [9.17, 15) is 14.3 Å². The van der Waals surface area contributed by atoms with Crippen LogP contribution in [0.25, 0.3) is 11.3 Å². The smallest absolute Gasteiger partial charge is 0.163 e. The van der Waals surface area contributed by atoms with Crippen LogP contribution in [0, 0.1) is 5.82 Å². The number of methoxy groups -OCH3 is 1. The summed E-state index contributed by atoms with van der Waals surface area (Å²) in [5.74, 6) is 0.322. The van der Waals surface area contributed by atoms with Gasteiger partial charge < -0.3 is 14.6 Å². The largest absolute Gasteiger partial charge is 0.494 e. The second-order valence-electron chi connectivity index (χ2n) is 8.54. The lowest BCUT2D eigenvalue weighted by Crippen LogP contribution is -2.24. The van der Waals surface area contributed by atoms with Gasteiger partial charge in [0.05, 0.1) is 29.0 Å². The van der Waals surface area contributed by atoms with Gasteiger partial charge in [0, 0.05) is 17.5 Å². The van der Waals surface area contributed by atoms with E-state index < -0.39 is 11.4 Å². The molecule has 34 heavy (non-hydrogen) atoms. The Hall–Kier alpha value is -2.67. The lowest BCUT2D eigenvalue weighted by molar-refractivity contribution is 0.0397. The Labute approximate surface area is 207 Å². The van der Waals surface area contributed by atoms with Crippen LogP contribution in [-0.2, 0) is 5.60 Å². The summed E-state index contributed by atoms with van der Waals surface area (Å²) < 4.78 is 24.7. The third-order valence-corrected chi connectivity index (χ3v) is 6.32. The molecule has 1 aliphatic rings. The van der Waals surface area contributed by atoms with Gasteiger partial charge in [-0.1, -0.05) is 23.2 Å². The standard InChI is InChI=1S/C26H24Cl2FNO4/c1-26(32,12-11-21(31)15-4-8-22(19(28)13-15)34-17-5-6-17)24-10-9-23(33-2)25(30-24)16-3-7-20(29)18(27)14-16/h3-4,7-10,13-14,17,32H,5-6,11-12H2,1-2H3. The predicted molar refractivity (Wildman–Crippen MR) is 129 cm³/mol. The van der Waals surface area contributed by atoms with Gasteiger partial charge in [0.25, 0.3) is 0 Å². The molecule has 2 aromatic carbocycles. The molecule has 0 saturated heterocycles. The van der Waals surface area contributed by atoms with Crippen molar-refractivity contribution in [3.8, 4) is 22.8 Å². The molecular weight excluding hydrogens is 480 g/mol. The van der Waals surface area contributed by atoms with Crippen molar-refractivity contribution in [1.82, 2.24) is 4.98 Å². The normalized spacial score (nSPS) is 15.0. The third-order valence-electron chi connectivity index (χ3n) is 5.73. The highest BCUT2D eigenvalue weighted by molar-refractivity contribution is 6.32. The lowest BCUT2D eigenvalue weighted by Gasteiger charge is -2.24. The molecule has 1 saturated carbocycles. The van der Waals surface area contributed by atoms with Crippen LogP contribution >= 0.6 is 23.2 Å². The molecular formula is C26H24Cl2FNO4. The second kappa shape index (κ2) is 9.90. The molecule has 0 bridgehead atoms. The van der Waals surface area contributed by atoms with Crippen LogP contribution in [0.1, 0.15) is 48.7 Å². The fourth-order valence-corrected chi connectivity index (χ4v) is 3.93. The predicted octanol–water partition coefficient (Wildman–Crippen LogP) is 6.61. The van der Waals surface area contributed by atoms with Gasteiger partial charge in [0.1, 0.15) is 28.6 Å². The molecule has 1 aliphatic carbocycles. The number of ketones is 1. The fourth-order valence-electron chi connectivity index (χ4n) is 3.53. The van der Waals surface area contributed by atoms with Crippen LogP contribution < -0.4 is 9.47 Å². The van der Waals surface area contributed by atoms with Gasteiger partial charge in [0.15, 0.2) is 5.78 Å². The van der Waals surface area contributed by atoms with Crippen LogP contribution in [0.4, 0.5) is 4.39 Å². The van der Waals surface area contributed by atoms with Crippen molar-refractivity contribution >= 4 is 29.0 Å². The van der Waals surface area contributed by atoms with E-state index in [-0.39, 0.29) is 29.8 Å². The third kappa shape index (κ3) is 5.52. The Bertz CT molecular complexity index is 1230. The van der Waals surface area contributed by atoms with Crippen molar-refractivity contribution in [2.45, 2.75) is 44.3 Å². The van der Waals surface area contributed by atoms with E-state index in [1.54, 1.807) is 37.3 Å². The van der Waals surface area contributed by atoms with E-state index in [4.69, 9.17) is 32.7 Å². The minimum Gasteiger partial charge on any atom is -0.494 e. The van der Waals surface area contributed by atoms with Gasteiger partial charge in [-0.2, -0.15) is 0 Å². The molecule has 8 heteroatoms. The number of carbonyl (C=O) groups excluding carboxylic acids is 1. The number of aliphatic hydroxyl groups is 1. The van der Waals surface area contributed by atoms with Crippen molar-refractivity contribution in [3.63, 3.8) is 0 Å². The molecule has 1 N–H and O–H groups in total. The number of nitrogens with zero attached hydrogens (tertiary/aromatic N) is 1. The first kappa shape index (κ1) is 24.5. The molecule has 178 valence electrons. The highest BCUT2D eigenvalue weighted by Gasteiger charge is 2.28. The number of benzene rings is 2. The Morgan fingerprint density at radius 3 is 2.50 bits per heavy atom. The van der Waals surface area contributed by atoms with Crippen LogP contribution in [0.5, 0.6) is 11.5 Å². The molecule has 0 amide bonds. The number of Topliss-reactive ketones (excluding diaryl/α,β-unsaturated/α-hetero) is 1. The van der Waals surface area contributed by atoms with E-state index in [0.29, 0.717) is 39.0 Å². The first-order valence-electron chi connectivity index (χ1n) is 10.9. The molecule has 0 spiro atoms. The van der Waals surface area contributed by atoms with E-state index in [1.165, 1.54) is 25.3 Å².